The first-order valence-electron chi connectivity index (χ1n) is 8.63. The molecule has 2 aromatic rings. The van der Waals surface area contributed by atoms with Gasteiger partial charge in [-0.1, -0.05) is 6.07 Å². The topological polar surface area (TPSA) is 57.7 Å². The number of rotatable bonds is 4. The van der Waals surface area contributed by atoms with Gasteiger partial charge in [-0.05, 0) is 62.1 Å². The normalized spacial score (nSPS) is 16.1. The number of hydrogen-bond acceptors (Lipinski definition) is 5. The standard InChI is InChI=1S/C19H24N2O3S2/c1-13-11-14(2)16(4)19(15(13)3)26(23,24)21-9-7-20(8-10-21)18-6-5-17(12-22)25-18/h5-6,11-12H,7-10H2,1-4H3. The van der Waals surface area contributed by atoms with Gasteiger partial charge in [0.25, 0.3) is 0 Å². The maximum atomic E-state index is 13.3. The van der Waals surface area contributed by atoms with E-state index in [0.29, 0.717) is 36.0 Å². The van der Waals surface area contributed by atoms with E-state index in [2.05, 4.69) is 4.90 Å². The van der Waals surface area contributed by atoms with E-state index in [0.717, 1.165) is 33.5 Å². The van der Waals surface area contributed by atoms with Crippen molar-refractivity contribution in [1.29, 1.82) is 0 Å². The van der Waals surface area contributed by atoms with Gasteiger partial charge in [0.05, 0.1) is 14.8 Å². The van der Waals surface area contributed by atoms with E-state index in [1.165, 1.54) is 11.3 Å². The van der Waals surface area contributed by atoms with Gasteiger partial charge in [-0.3, -0.25) is 4.79 Å². The summed E-state index contributed by atoms with van der Waals surface area (Å²) in [6.45, 7) is 9.84. The molecule has 7 heteroatoms. The molecule has 1 aromatic heterocycles. The molecule has 0 saturated carbocycles. The fourth-order valence-corrected chi connectivity index (χ4v) is 6.29. The van der Waals surface area contributed by atoms with Gasteiger partial charge in [0.15, 0.2) is 6.29 Å². The molecule has 5 nitrogen and oxygen atoms in total. The first-order chi connectivity index (χ1) is 12.3. The Morgan fingerprint density at radius 2 is 1.54 bits per heavy atom. The second kappa shape index (κ2) is 7.13. The lowest BCUT2D eigenvalue weighted by molar-refractivity contribution is 0.112. The van der Waals surface area contributed by atoms with E-state index < -0.39 is 10.0 Å². The number of aryl methyl sites for hydroxylation is 2. The summed E-state index contributed by atoms with van der Waals surface area (Å²) in [5.41, 5.74) is 3.68. The predicted octanol–water partition coefficient (Wildman–Crippen LogP) is 3.31. The molecule has 26 heavy (non-hydrogen) atoms. The van der Waals surface area contributed by atoms with Crippen LogP contribution in [0.15, 0.2) is 23.1 Å². The average Bonchev–Trinajstić information content (AvgIpc) is 3.09. The van der Waals surface area contributed by atoms with Crippen molar-refractivity contribution in [2.24, 2.45) is 0 Å². The SMILES string of the molecule is Cc1cc(C)c(C)c(S(=O)(=O)N2CCN(c3ccc(C=O)s3)CC2)c1C. The Morgan fingerprint density at radius 1 is 0.962 bits per heavy atom. The minimum absolute atomic E-state index is 0.447. The van der Waals surface area contributed by atoms with Crippen LogP contribution in [0.2, 0.25) is 0 Å². The highest BCUT2D eigenvalue weighted by Crippen LogP contribution is 2.31. The van der Waals surface area contributed by atoms with Crippen molar-refractivity contribution in [2.45, 2.75) is 32.6 Å². The molecule has 1 fully saturated rings. The molecule has 0 bridgehead atoms. The lowest BCUT2D eigenvalue weighted by atomic mass is 10.0. The Bertz CT molecular complexity index is 914. The molecular formula is C19H24N2O3S2. The van der Waals surface area contributed by atoms with Crippen molar-refractivity contribution in [3.8, 4) is 0 Å². The number of carbonyl (C=O) groups excluding carboxylic acids is 1. The molecule has 0 spiro atoms. The summed E-state index contributed by atoms with van der Waals surface area (Å²) < 4.78 is 28.2. The van der Waals surface area contributed by atoms with E-state index in [-0.39, 0.29) is 0 Å². The first-order valence-corrected chi connectivity index (χ1v) is 10.9. The predicted molar refractivity (Wildman–Crippen MR) is 106 cm³/mol. The Kier molecular flexibility index (Phi) is 5.23. The third-order valence-electron chi connectivity index (χ3n) is 5.17. The molecular weight excluding hydrogens is 368 g/mol. The monoisotopic (exact) mass is 392 g/mol. The molecule has 1 aromatic carbocycles. The molecule has 140 valence electrons. The summed E-state index contributed by atoms with van der Waals surface area (Å²) in [5.74, 6) is 0. The maximum Gasteiger partial charge on any atom is 0.243 e. The zero-order chi connectivity index (χ0) is 19.1. The van der Waals surface area contributed by atoms with Crippen LogP contribution in [0.1, 0.15) is 31.9 Å². The van der Waals surface area contributed by atoms with Crippen molar-refractivity contribution >= 4 is 32.6 Å². The van der Waals surface area contributed by atoms with E-state index in [4.69, 9.17) is 0 Å². The van der Waals surface area contributed by atoms with Gasteiger partial charge < -0.3 is 4.90 Å². The van der Waals surface area contributed by atoms with Crippen LogP contribution < -0.4 is 4.90 Å². The van der Waals surface area contributed by atoms with Gasteiger partial charge in [0, 0.05) is 26.2 Å². The highest BCUT2D eigenvalue weighted by atomic mass is 32.2. The summed E-state index contributed by atoms with van der Waals surface area (Å²) >= 11 is 1.44. The molecule has 1 aliphatic rings. The van der Waals surface area contributed by atoms with Crippen molar-refractivity contribution in [2.75, 3.05) is 31.1 Å². The molecule has 0 N–H and O–H groups in total. The molecule has 3 rings (SSSR count). The Morgan fingerprint density at radius 3 is 2.04 bits per heavy atom. The number of nitrogens with zero attached hydrogens (tertiary/aromatic N) is 2. The first kappa shape index (κ1) is 19.1. The number of aldehydes is 1. The molecule has 0 radical (unpaired) electrons. The smallest absolute Gasteiger partial charge is 0.243 e. The van der Waals surface area contributed by atoms with Gasteiger partial charge >= 0.3 is 0 Å². The maximum absolute atomic E-state index is 13.3. The second-order valence-electron chi connectivity index (χ2n) is 6.77. The lowest BCUT2D eigenvalue weighted by Crippen LogP contribution is -2.48. The minimum atomic E-state index is -3.52. The van der Waals surface area contributed by atoms with Crippen LogP contribution in [0.3, 0.4) is 0 Å². The quantitative estimate of drug-likeness (QED) is 0.749. The van der Waals surface area contributed by atoms with Crippen LogP contribution in [-0.4, -0.2) is 45.2 Å². The van der Waals surface area contributed by atoms with Crippen LogP contribution >= 0.6 is 11.3 Å². The highest BCUT2D eigenvalue weighted by Gasteiger charge is 2.32. The number of carbonyl (C=O) groups is 1. The third-order valence-corrected chi connectivity index (χ3v) is 8.42. The Balaban J connectivity index is 1.84. The molecule has 1 saturated heterocycles. The third kappa shape index (κ3) is 3.31. The fourth-order valence-electron chi connectivity index (χ4n) is 3.42. The fraction of sp³-hybridized carbons (Fsp3) is 0.421. The minimum Gasteiger partial charge on any atom is -0.361 e. The second-order valence-corrected chi connectivity index (χ2v) is 9.74. The van der Waals surface area contributed by atoms with Gasteiger partial charge in [-0.25, -0.2) is 8.42 Å². The molecule has 0 atom stereocenters. The number of anilines is 1. The van der Waals surface area contributed by atoms with E-state index in [1.54, 1.807) is 10.4 Å². The molecule has 2 heterocycles. The van der Waals surface area contributed by atoms with Gasteiger partial charge in [0.1, 0.15) is 0 Å². The molecule has 0 amide bonds. The molecule has 1 aliphatic heterocycles. The van der Waals surface area contributed by atoms with Crippen molar-refractivity contribution in [3.63, 3.8) is 0 Å². The van der Waals surface area contributed by atoms with E-state index in [9.17, 15) is 13.2 Å². The number of piperazine rings is 1. The largest absolute Gasteiger partial charge is 0.361 e. The highest BCUT2D eigenvalue weighted by molar-refractivity contribution is 7.89. The van der Waals surface area contributed by atoms with Crippen LogP contribution in [0, 0.1) is 27.7 Å². The summed E-state index contributed by atoms with van der Waals surface area (Å²) in [4.78, 5) is 14.2. The Labute approximate surface area is 159 Å². The summed E-state index contributed by atoms with van der Waals surface area (Å²) in [6, 6.07) is 5.78. The van der Waals surface area contributed by atoms with Gasteiger partial charge in [-0.15, -0.1) is 11.3 Å². The van der Waals surface area contributed by atoms with Crippen LogP contribution in [0.5, 0.6) is 0 Å². The van der Waals surface area contributed by atoms with E-state index >= 15 is 0 Å². The number of sulfonamides is 1. The summed E-state index contributed by atoms with van der Waals surface area (Å²) in [5, 5.41) is 1.02. The average molecular weight is 393 g/mol. The number of benzene rings is 1. The zero-order valence-corrected chi connectivity index (χ0v) is 17.2. The molecule has 0 aliphatic carbocycles. The number of thiophene rings is 1. The van der Waals surface area contributed by atoms with Crippen LogP contribution in [0.4, 0.5) is 5.00 Å². The van der Waals surface area contributed by atoms with Gasteiger partial charge in [-0.2, -0.15) is 4.31 Å². The van der Waals surface area contributed by atoms with Crippen LogP contribution in [-0.2, 0) is 10.0 Å². The molecule has 0 unspecified atom stereocenters. The number of hydrogen-bond donors (Lipinski definition) is 0. The van der Waals surface area contributed by atoms with Crippen molar-refractivity contribution < 1.29 is 13.2 Å². The van der Waals surface area contributed by atoms with E-state index in [1.807, 2.05) is 39.8 Å². The summed E-state index contributed by atoms with van der Waals surface area (Å²) in [6.07, 6.45) is 0.848. The zero-order valence-electron chi connectivity index (χ0n) is 15.6. The van der Waals surface area contributed by atoms with Crippen molar-refractivity contribution in [3.05, 3.63) is 45.3 Å². The summed E-state index contributed by atoms with van der Waals surface area (Å²) in [7, 11) is -3.52. The van der Waals surface area contributed by atoms with Crippen LogP contribution in [0.25, 0.3) is 0 Å². The van der Waals surface area contributed by atoms with Gasteiger partial charge in [0.2, 0.25) is 10.0 Å². The van der Waals surface area contributed by atoms with Crippen molar-refractivity contribution in [1.82, 2.24) is 4.31 Å². The Hall–Kier alpha value is -1.70. The lowest BCUT2D eigenvalue weighted by Gasteiger charge is -2.35.